The summed E-state index contributed by atoms with van der Waals surface area (Å²) in [6, 6.07) is 0. The van der Waals surface area contributed by atoms with Gasteiger partial charge in [-0.25, -0.2) is 0 Å². The molecule has 0 aromatic rings. The Balaban J connectivity index is 1.28. The van der Waals surface area contributed by atoms with E-state index >= 15 is 0 Å². The summed E-state index contributed by atoms with van der Waals surface area (Å²) < 4.78 is 6.21. The largest absolute Gasteiger partial charge is 0.393 e. The third kappa shape index (κ3) is 2.06. The lowest BCUT2D eigenvalue weighted by Gasteiger charge is -2.44. The molecule has 0 aromatic carbocycles. The van der Waals surface area contributed by atoms with Crippen molar-refractivity contribution in [2.24, 2.45) is 35.5 Å². The Bertz CT molecular complexity index is 398. The van der Waals surface area contributed by atoms with Crippen LogP contribution < -0.4 is 0 Å². The molecule has 3 heteroatoms. The highest BCUT2D eigenvalue weighted by atomic mass is 32.2. The molecule has 2 aliphatic heterocycles. The first-order valence-corrected chi connectivity index (χ1v) is 10.3. The van der Waals surface area contributed by atoms with Gasteiger partial charge in [-0.3, -0.25) is 0 Å². The molecule has 3 aliphatic carbocycles. The molecule has 1 N–H and O–H groups in total. The molecule has 0 aromatic heterocycles. The second-order valence-corrected chi connectivity index (χ2v) is 9.68. The van der Waals surface area contributed by atoms with E-state index in [1.165, 1.54) is 43.6 Å². The van der Waals surface area contributed by atoms with Gasteiger partial charge < -0.3 is 9.84 Å². The van der Waals surface area contributed by atoms with E-state index in [0.717, 1.165) is 43.1 Å². The van der Waals surface area contributed by atoms with E-state index in [9.17, 15) is 5.11 Å². The average Bonchev–Trinajstić information content (AvgIpc) is 2.94. The molecule has 2 saturated heterocycles. The molecule has 2 nitrogen and oxygen atoms in total. The van der Waals surface area contributed by atoms with Crippen LogP contribution in [0, 0.1) is 35.5 Å². The number of hydrogen-bond acceptors (Lipinski definition) is 3. The van der Waals surface area contributed by atoms with E-state index < -0.39 is 0 Å². The third-order valence-electron chi connectivity index (χ3n) is 7.61. The van der Waals surface area contributed by atoms with Gasteiger partial charge in [-0.1, -0.05) is 0 Å². The Labute approximate surface area is 132 Å². The predicted octanol–water partition coefficient (Wildman–Crippen LogP) is 3.33. The molecule has 6 unspecified atom stereocenters. The Hall–Kier alpha value is 0.270. The van der Waals surface area contributed by atoms with Gasteiger partial charge in [0, 0.05) is 6.61 Å². The van der Waals surface area contributed by atoms with Crippen LogP contribution in [0.25, 0.3) is 0 Å². The zero-order chi connectivity index (χ0) is 14.0. The van der Waals surface area contributed by atoms with Gasteiger partial charge in [0.05, 0.1) is 11.7 Å². The van der Waals surface area contributed by atoms with E-state index in [2.05, 4.69) is 11.8 Å². The van der Waals surface area contributed by atoms with Crippen LogP contribution in [-0.2, 0) is 4.74 Å². The van der Waals surface area contributed by atoms with Crippen LogP contribution in [0.2, 0.25) is 0 Å². The molecule has 6 atom stereocenters. The van der Waals surface area contributed by atoms with Gasteiger partial charge in [-0.05, 0) is 92.0 Å². The van der Waals surface area contributed by atoms with Gasteiger partial charge in [0.15, 0.2) is 0 Å². The second-order valence-electron chi connectivity index (χ2n) is 8.45. The maximum absolute atomic E-state index is 11.0. The number of aliphatic hydroxyl groups excluding tert-OH is 1. The van der Waals surface area contributed by atoms with Crippen LogP contribution >= 0.6 is 11.8 Å². The van der Waals surface area contributed by atoms with E-state index in [4.69, 9.17) is 4.74 Å². The van der Waals surface area contributed by atoms with Gasteiger partial charge in [0.1, 0.15) is 0 Å². The number of thioether (sulfide) groups is 1. The number of rotatable bonds is 2. The van der Waals surface area contributed by atoms with Gasteiger partial charge in [-0.2, -0.15) is 11.8 Å². The summed E-state index contributed by atoms with van der Waals surface area (Å²) in [5, 5.41) is 11.0. The topological polar surface area (TPSA) is 29.5 Å². The fraction of sp³-hybridized carbons (Fsp3) is 1.00. The molecule has 118 valence electrons. The second kappa shape index (κ2) is 4.88. The molecule has 3 saturated carbocycles. The van der Waals surface area contributed by atoms with Crippen LogP contribution in [0.5, 0.6) is 0 Å². The van der Waals surface area contributed by atoms with Crippen LogP contribution in [-0.4, -0.2) is 34.9 Å². The zero-order valence-electron chi connectivity index (χ0n) is 12.9. The zero-order valence-corrected chi connectivity index (χ0v) is 13.7. The number of hydrogen-bond donors (Lipinski definition) is 1. The maximum Gasteiger partial charge on any atom is 0.0701 e. The Morgan fingerprint density at radius 3 is 2.48 bits per heavy atom. The summed E-state index contributed by atoms with van der Waals surface area (Å²) in [6.07, 6.45) is 9.06. The molecular formula is C18H28O2S. The number of fused-ring (bicyclic) bond motifs is 5. The lowest BCUT2D eigenvalue weighted by Crippen LogP contribution is -2.46. The van der Waals surface area contributed by atoms with Crippen molar-refractivity contribution >= 4 is 11.8 Å². The summed E-state index contributed by atoms with van der Waals surface area (Å²) in [5.74, 6) is 7.51. The highest BCUT2D eigenvalue weighted by Gasteiger charge is 2.67. The summed E-state index contributed by atoms with van der Waals surface area (Å²) >= 11 is 2.07. The van der Waals surface area contributed by atoms with Crippen LogP contribution in [0.15, 0.2) is 0 Å². The predicted molar refractivity (Wildman–Crippen MR) is 85.3 cm³/mol. The molecule has 5 aliphatic rings. The SMILES string of the molecule is OC(C1CCOC2(CCSCC2)C1)C1C2C3CCC(C3)C21. The molecule has 5 rings (SSSR count). The minimum atomic E-state index is -0.0150. The third-order valence-corrected chi connectivity index (χ3v) is 8.59. The molecule has 2 heterocycles. The molecule has 0 radical (unpaired) electrons. The highest BCUT2D eigenvalue weighted by Crippen LogP contribution is 2.71. The fourth-order valence-electron chi connectivity index (χ4n) is 6.61. The van der Waals surface area contributed by atoms with Crippen molar-refractivity contribution in [2.75, 3.05) is 18.1 Å². The highest BCUT2D eigenvalue weighted by molar-refractivity contribution is 7.99. The van der Waals surface area contributed by atoms with E-state index in [1.807, 2.05) is 0 Å². The van der Waals surface area contributed by atoms with E-state index in [1.54, 1.807) is 0 Å². The number of aliphatic hydroxyl groups is 1. The van der Waals surface area contributed by atoms with Crippen LogP contribution in [0.1, 0.15) is 44.9 Å². The first kappa shape index (κ1) is 13.7. The van der Waals surface area contributed by atoms with Gasteiger partial charge >= 0.3 is 0 Å². The smallest absolute Gasteiger partial charge is 0.0701 e. The minimum absolute atomic E-state index is 0.0150. The van der Waals surface area contributed by atoms with E-state index in [0.29, 0.717) is 11.8 Å². The molecular weight excluding hydrogens is 280 g/mol. The lowest BCUT2D eigenvalue weighted by atomic mass is 9.77. The first-order chi connectivity index (χ1) is 10.3. The van der Waals surface area contributed by atoms with Crippen LogP contribution in [0.3, 0.4) is 0 Å². The van der Waals surface area contributed by atoms with Crippen molar-refractivity contribution in [3.63, 3.8) is 0 Å². The van der Waals surface area contributed by atoms with Gasteiger partial charge in [-0.15, -0.1) is 0 Å². The Kier molecular flexibility index (Phi) is 3.18. The van der Waals surface area contributed by atoms with Crippen molar-refractivity contribution in [3.8, 4) is 0 Å². The van der Waals surface area contributed by atoms with Crippen LogP contribution in [0.4, 0.5) is 0 Å². The standard InChI is InChI=1S/C18H28O2S/c19-17(16-14-11-1-2-12(9-11)15(14)16)13-3-6-20-18(10-13)4-7-21-8-5-18/h11-17,19H,1-10H2. The maximum atomic E-state index is 11.0. The fourth-order valence-corrected chi connectivity index (χ4v) is 7.85. The Morgan fingerprint density at radius 1 is 1.05 bits per heavy atom. The van der Waals surface area contributed by atoms with Crippen molar-refractivity contribution in [2.45, 2.75) is 56.7 Å². The first-order valence-electron chi connectivity index (χ1n) is 9.17. The van der Waals surface area contributed by atoms with Crippen molar-refractivity contribution in [3.05, 3.63) is 0 Å². The minimum Gasteiger partial charge on any atom is -0.393 e. The molecule has 0 amide bonds. The van der Waals surface area contributed by atoms with Gasteiger partial charge in [0.2, 0.25) is 0 Å². The van der Waals surface area contributed by atoms with Crippen molar-refractivity contribution < 1.29 is 9.84 Å². The van der Waals surface area contributed by atoms with E-state index in [-0.39, 0.29) is 11.7 Å². The summed E-state index contributed by atoms with van der Waals surface area (Å²) in [6.45, 7) is 0.890. The quantitative estimate of drug-likeness (QED) is 0.848. The molecule has 1 spiro atoms. The van der Waals surface area contributed by atoms with Gasteiger partial charge in [0.25, 0.3) is 0 Å². The lowest BCUT2D eigenvalue weighted by molar-refractivity contribution is -0.124. The Morgan fingerprint density at radius 2 is 1.76 bits per heavy atom. The number of ether oxygens (including phenoxy) is 1. The van der Waals surface area contributed by atoms with Crippen molar-refractivity contribution in [1.82, 2.24) is 0 Å². The molecule has 21 heavy (non-hydrogen) atoms. The van der Waals surface area contributed by atoms with Crippen molar-refractivity contribution in [1.29, 1.82) is 0 Å². The average molecular weight is 308 g/mol. The summed E-state index contributed by atoms with van der Waals surface area (Å²) in [4.78, 5) is 0. The summed E-state index contributed by atoms with van der Waals surface area (Å²) in [7, 11) is 0. The normalized spacial score (nSPS) is 51.9. The molecule has 5 fully saturated rings. The monoisotopic (exact) mass is 308 g/mol. The molecule has 2 bridgehead atoms. The summed E-state index contributed by atoms with van der Waals surface area (Å²) in [5.41, 5.74) is 0.137.